The third-order valence-corrected chi connectivity index (χ3v) is 2.31. The van der Waals surface area contributed by atoms with Gasteiger partial charge in [-0.2, -0.15) is 5.10 Å². The number of halogens is 3. The number of amides is 1. The van der Waals surface area contributed by atoms with Gasteiger partial charge < -0.3 is 5.32 Å². The Bertz CT molecular complexity index is 629. The molecule has 0 aliphatic heterocycles. The number of hydrogen-bond donors (Lipinski definition) is 1. The molecule has 0 saturated carbocycles. The van der Waals surface area contributed by atoms with Crippen LogP contribution in [0.15, 0.2) is 24.3 Å². The third-order valence-electron chi connectivity index (χ3n) is 2.31. The van der Waals surface area contributed by atoms with Crippen molar-refractivity contribution in [3.8, 4) is 0 Å². The van der Waals surface area contributed by atoms with Gasteiger partial charge in [0.1, 0.15) is 0 Å². The number of nitrogens with zero attached hydrogens (tertiary/aromatic N) is 2. The maximum absolute atomic E-state index is 13.3. The fraction of sp³-hybridized carbons (Fsp3) is 0.0833. The second-order valence-corrected chi connectivity index (χ2v) is 3.74. The Morgan fingerprint density at radius 2 is 1.79 bits per heavy atom. The summed E-state index contributed by atoms with van der Waals surface area (Å²) in [6, 6.07) is 4.57. The molecule has 1 N–H and O–H groups in total. The van der Waals surface area contributed by atoms with Crippen molar-refractivity contribution in [2.45, 2.75) is 6.92 Å². The number of nitrogens with one attached hydrogen (secondary N) is 1. The molecular formula is C12H8F3N3O. The van der Waals surface area contributed by atoms with Crippen molar-refractivity contribution in [1.29, 1.82) is 0 Å². The van der Waals surface area contributed by atoms with E-state index in [1.807, 2.05) is 0 Å². The lowest BCUT2D eigenvalue weighted by Crippen LogP contribution is -2.16. The van der Waals surface area contributed by atoms with Gasteiger partial charge in [0, 0.05) is 0 Å². The molecule has 0 bridgehead atoms. The van der Waals surface area contributed by atoms with Crippen molar-refractivity contribution in [1.82, 2.24) is 10.2 Å². The first-order valence-corrected chi connectivity index (χ1v) is 5.24. The molecule has 19 heavy (non-hydrogen) atoms. The minimum absolute atomic E-state index is 0.0604. The van der Waals surface area contributed by atoms with Gasteiger partial charge in [0.15, 0.2) is 23.1 Å². The van der Waals surface area contributed by atoms with E-state index >= 15 is 0 Å². The standard InChI is InChI=1S/C12H8F3N3O/c1-6-2-4-9(18-17-6)12(19)16-8-5-3-7(13)10(14)11(8)15/h2-5H,1H3,(H,16,19). The molecule has 0 aliphatic rings. The lowest BCUT2D eigenvalue weighted by Gasteiger charge is -2.06. The first kappa shape index (κ1) is 13.0. The number of hydrogen-bond acceptors (Lipinski definition) is 3. The van der Waals surface area contributed by atoms with Crippen molar-refractivity contribution in [3.63, 3.8) is 0 Å². The Morgan fingerprint density at radius 3 is 2.42 bits per heavy atom. The summed E-state index contributed by atoms with van der Waals surface area (Å²) in [5.41, 5.74) is 0.0802. The number of aromatic nitrogens is 2. The average molecular weight is 267 g/mol. The maximum Gasteiger partial charge on any atom is 0.276 e. The van der Waals surface area contributed by atoms with Crippen LogP contribution in [0.25, 0.3) is 0 Å². The van der Waals surface area contributed by atoms with E-state index in [9.17, 15) is 18.0 Å². The Labute approximate surface area is 106 Å². The largest absolute Gasteiger partial charge is 0.318 e. The lowest BCUT2D eigenvalue weighted by atomic mass is 10.2. The summed E-state index contributed by atoms with van der Waals surface area (Å²) < 4.78 is 39.0. The summed E-state index contributed by atoms with van der Waals surface area (Å²) >= 11 is 0. The second-order valence-electron chi connectivity index (χ2n) is 3.74. The summed E-state index contributed by atoms with van der Waals surface area (Å²) in [7, 11) is 0. The van der Waals surface area contributed by atoms with Crippen molar-refractivity contribution < 1.29 is 18.0 Å². The highest BCUT2D eigenvalue weighted by Gasteiger charge is 2.16. The molecule has 4 nitrogen and oxygen atoms in total. The number of benzene rings is 1. The van der Waals surface area contributed by atoms with Gasteiger partial charge in [-0.1, -0.05) is 0 Å². The summed E-state index contributed by atoms with van der Waals surface area (Å²) in [4.78, 5) is 11.7. The van der Waals surface area contributed by atoms with Crippen LogP contribution in [-0.4, -0.2) is 16.1 Å². The van der Waals surface area contributed by atoms with E-state index in [1.165, 1.54) is 6.07 Å². The molecule has 0 radical (unpaired) electrons. The van der Waals surface area contributed by atoms with Crippen LogP contribution in [0.1, 0.15) is 16.2 Å². The number of carbonyl (C=O) groups is 1. The predicted octanol–water partition coefficient (Wildman–Crippen LogP) is 2.45. The molecule has 1 aromatic carbocycles. The van der Waals surface area contributed by atoms with E-state index in [4.69, 9.17) is 0 Å². The molecule has 98 valence electrons. The van der Waals surface area contributed by atoms with Crippen molar-refractivity contribution in [2.24, 2.45) is 0 Å². The fourth-order valence-corrected chi connectivity index (χ4v) is 1.33. The number of rotatable bonds is 2. The molecular weight excluding hydrogens is 259 g/mol. The summed E-state index contributed by atoms with van der Waals surface area (Å²) in [6.45, 7) is 1.68. The lowest BCUT2D eigenvalue weighted by molar-refractivity contribution is 0.102. The zero-order valence-corrected chi connectivity index (χ0v) is 9.75. The zero-order valence-electron chi connectivity index (χ0n) is 9.75. The minimum Gasteiger partial charge on any atom is -0.318 e. The monoisotopic (exact) mass is 267 g/mol. The van der Waals surface area contributed by atoms with Gasteiger partial charge in [-0.25, -0.2) is 13.2 Å². The smallest absolute Gasteiger partial charge is 0.276 e. The Balaban J connectivity index is 2.24. The van der Waals surface area contributed by atoms with Crippen LogP contribution in [-0.2, 0) is 0 Å². The van der Waals surface area contributed by atoms with Crippen LogP contribution in [0.2, 0.25) is 0 Å². The van der Waals surface area contributed by atoms with Crippen LogP contribution in [0.5, 0.6) is 0 Å². The highest BCUT2D eigenvalue weighted by atomic mass is 19.2. The van der Waals surface area contributed by atoms with Gasteiger partial charge >= 0.3 is 0 Å². The number of aryl methyl sites for hydroxylation is 1. The van der Waals surface area contributed by atoms with E-state index in [2.05, 4.69) is 15.5 Å². The van der Waals surface area contributed by atoms with Gasteiger partial charge in [-0.05, 0) is 31.2 Å². The fourth-order valence-electron chi connectivity index (χ4n) is 1.33. The molecule has 0 spiro atoms. The van der Waals surface area contributed by atoms with E-state index in [0.29, 0.717) is 5.69 Å². The van der Waals surface area contributed by atoms with Crippen molar-refractivity contribution in [2.75, 3.05) is 5.32 Å². The third kappa shape index (κ3) is 2.70. The summed E-state index contributed by atoms with van der Waals surface area (Å²) in [5, 5.41) is 9.34. The van der Waals surface area contributed by atoms with Crippen molar-refractivity contribution >= 4 is 11.6 Å². The van der Waals surface area contributed by atoms with E-state index < -0.39 is 29.0 Å². The first-order chi connectivity index (χ1) is 8.99. The number of anilines is 1. The second kappa shape index (κ2) is 5.05. The van der Waals surface area contributed by atoms with Crippen molar-refractivity contribution in [3.05, 3.63) is 53.1 Å². The SMILES string of the molecule is Cc1ccc(C(=O)Nc2ccc(F)c(F)c2F)nn1. The van der Waals surface area contributed by atoms with Crippen LogP contribution in [0.4, 0.5) is 18.9 Å². The molecule has 0 atom stereocenters. The van der Waals surface area contributed by atoms with Gasteiger partial charge in [0.25, 0.3) is 5.91 Å². The molecule has 1 aromatic heterocycles. The molecule has 2 rings (SSSR count). The quantitative estimate of drug-likeness (QED) is 0.850. The van der Waals surface area contributed by atoms with Crippen LogP contribution < -0.4 is 5.32 Å². The Hall–Kier alpha value is -2.44. The normalized spacial score (nSPS) is 10.3. The minimum atomic E-state index is -1.65. The molecule has 7 heteroatoms. The van der Waals surface area contributed by atoms with E-state index in [0.717, 1.165) is 12.1 Å². The molecule has 2 aromatic rings. The Kier molecular flexibility index (Phi) is 3.46. The first-order valence-electron chi connectivity index (χ1n) is 5.24. The zero-order chi connectivity index (χ0) is 14.0. The van der Waals surface area contributed by atoms with Crippen LogP contribution in [0.3, 0.4) is 0 Å². The average Bonchev–Trinajstić information content (AvgIpc) is 2.40. The highest BCUT2D eigenvalue weighted by molar-refractivity contribution is 6.02. The predicted molar refractivity (Wildman–Crippen MR) is 61.0 cm³/mol. The van der Waals surface area contributed by atoms with Gasteiger partial charge in [0.2, 0.25) is 0 Å². The summed E-state index contributed by atoms with van der Waals surface area (Å²) in [5.74, 6) is -5.20. The summed E-state index contributed by atoms with van der Waals surface area (Å²) in [6.07, 6.45) is 0. The van der Waals surface area contributed by atoms with Gasteiger partial charge in [0.05, 0.1) is 11.4 Å². The molecule has 0 fully saturated rings. The topological polar surface area (TPSA) is 54.9 Å². The van der Waals surface area contributed by atoms with E-state index in [1.54, 1.807) is 13.0 Å². The molecule has 1 amide bonds. The van der Waals surface area contributed by atoms with Gasteiger partial charge in [-0.15, -0.1) is 5.10 Å². The van der Waals surface area contributed by atoms with Crippen LogP contribution >= 0.6 is 0 Å². The number of carbonyl (C=O) groups excluding carboxylic acids is 1. The molecule has 0 saturated heterocycles. The molecule has 0 unspecified atom stereocenters. The van der Waals surface area contributed by atoms with Gasteiger partial charge in [-0.3, -0.25) is 4.79 Å². The van der Waals surface area contributed by atoms with E-state index in [-0.39, 0.29) is 5.69 Å². The Morgan fingerprint density at radius 1 is 1.05 bits per heavy atom. The molecule has 1 heterocycles. The van der Waals surface area contributed by atoms with Crippen LogP contribution in [0, 0.1) is 24.4 Å². The highest BCUT2D eigenvalue weighted by Crippen LogP contribution is 2.19. The maximum atomic E-state index is 13.3. The molecule has 0 aliphatic carbocycles.